The maximum atomic E-state index is 15.0. The molecule has 7 atom stereocenters. The van der Waals surface area contributed by atoms with Crippen LogP contribution in [0.4, 0.5) is 17.6 Å². The fourth-order valence-electron chi connectivity index (χ4n) is 5.89. The monoisotopic (exact) mass is 1630 g/mol. The van der Waals surface area contributed by atoms with Gasteiger partial charge in [0.05, 0.1) is 5.67 Å². The van der Waals surface area contributed by atoms with Gasteiger partial charge in [-0.3, -0.25) is 0 Å². The molecule has 0 aromatic rings. The van der Waals surface area contributed by atoms with Crippen LogP contribution in [0.2, 0.25) is 0 Å². The van der Waals surface area contributed by atoms with Crippen molar-refractivity contribution in [2.75, 3.05) is 0 Å². The van der Waals surface area contributed by atoms with Crippen molar-refractivity contribution in [1.82, 2.24) is 0 Å². The molecule has 0 aromatic carbocycles. The van der Waals surface area contributed by atoms with Gasteiger partial charge in [0.25, 0.3) is 6.18 Å². The van der Waals surface area contributed by atoms with E-state index in [-0.39, 0.29) is 24.2 Å². The molecule has 1 N–H and O–H groups in total. The van der Waals surface area contributed by atoms with E-state index in [1.807, 2.05) is 6.42 Å². The van der Waals surface area contributed by atoms with Crippen LogP contribution < -0.4 is 0 Å². The Bertz CT molecular complexity index is 441. The molecule has 7 unspecified atom stereocenters. The third-order valence-electron chi connectivity index (χ3n) is 6.37. The van der Waals surface area contributed by atoms with Gasteiger partial charge in [0, 0.05) is 0 Å². The van der Waals surface area contributed by atoms with Crippen LogP contribution in [0.25, 0.3) is 0 Å². The van der Waals surface area contributed by atoms with Crippen molar-refractivity contribution in [2.24, 2.45) is 35.5 Å². The fraction of sp³-hybridized carbons (Fsp3) is 0.867. The van der Waals surface area contributed by atoms with Gasteiger partial charge in [0.15, 0.2) is 0 Å². The summed E-state index contributed by atoms with van der Waals surface area (Å²) in [6.07, 6.45) is -1.71. The average Bonchev–Trinajstić information content (AvgIpc) is 3.02. The van der Waals surface area contributed by atoms with E-state index in [0.717, 1.165) is 12.8 Å². The quantitative estimate of drug-likeness (QED) is 0.252. The van der Waals surface area contributed by atoms with E-state index in [2.05, 4.69) is 0 Å². The van der Waals surface area contributed by atoms with Crippen molar-refractivity contribution < 1.29 is 22.7 Å². The number of aliphatic hydroxyl groups excluding tert-OH is 1. The van der Waals surface area contributed by atoms with Crippen molar-refractivity contribution in [3.63, 3.8) is 0 Å². The van der Waals surface area contributed by atoms with Crippen LogP contribution in [-0.4, -0.2) is 17.0 Å². The molecule has 124 valence electrons. The second kappa shape index (κ2) is 5.15. The molecule has 0 saturated heterocycles. The van der Waals surface area contributed by atoms with E-state index in [0.29, 0.717) is 17.8 Å². The van der Waals surface area contributed by atoms with Crippen LogP contribution in [0.1, 0.15) is 32.1 Å². The number of rotatable bonds is 2. The number of hydrogen-bond acceptors (Lipinski definition) is 1. The van der Waals surface area contributed by atoms with Gasteiger partial charge >= 0.3 is 0 Å². The Hall–Kier alpha value is -5.32. The molecule has 4 fully saturated rings. The summed E-state index contributed by atoms with van der Waals surface area (Å²) < 4.78 is 52.4. The second-order valence-electron chi connectivity index (χ2n) is 7.23. The van der Waals surface area contributed by atoms with Gasteiger partial charge in [0.2, 0.25) is 0 Å². The van der Waals surface area contributed by atoms with Crippen LogP contribution in [0.15, 0.2) is 0 Å². The Kier molecular flexibility index (Phi) is 4.52. The summed E-state index contributed by atoms with van der Waals surface area (Å²) in [6.45, 7) is 0. The summed E-state index contributed by atoms with van der Waals surface area (Å²) >= 11 is 0. The molecule has 0 spiro atoms. The standard InChI is InChI=1S/C15H18F4O.5Rf/c16-14(6-11(20)15(17,18)19)5-9-4-10(14)13-8-2-1-7(3-8)12(9)13;;;;;/h4,7-10,12-13,20H,1-3,5-6H2;;;;;/q-2;;;;;. The molecule has 0 radical (unpaired) electrons. The minimum Gasteiger partial charge on any atom is -0.554 e. The SMILES string of the molecule is O[C-](CC1(F)CC2[CH-]C1C1C3CCC(C3)C21)C(F)(F)F.[Rf].[Rf].[Rf].[Rf].[Rf]. The molecule has 4 bridgehead atoms. The average molecular weight is 1630 g/mol. The Morgan fingerprint density at radius 3 is 2.04 bits per heavy atom. The predicted molar refractivity (Wildman–Crippen MR) is 63.4 cm³/mol. The van der Waals surface area contributed by atoms with Gasteiger partial charge in [0.1, 0.15) is 0 Å². The largest absolute Gasteiger partial charge is 0.554 e. The molecule has 4 saturated carbocycles. The Morgan fingerprint density at radius 2 is 1.52 bits per heavy atom. The van der Waals surface area contributed by atoms with Crippen molar-refractivity contribution in [1.29, 1.82) is 0 Å². The van der Waals surface area contributed by atoms with Gasteiger partial charge < -0.3 is 11.5 Å². The summed E-state index contributed by atoms with van der Waals surface area (Å²) in [5.74, 6) is 1.67. The zero-order chi connectivity index (χ0) is 14.3. The summed E-state index contributed by atoms with van der Waals surface area (Å²) in [6, 6.07) is 0. The molecule has 0 amide bonds. The van der Waals surface area contributed by atoms with Crippen LogP contribution in [0, 0.1) is 48.0 Å². The summed E-state index contributed by atoms with van der Waals surface area (Å²) in [4.78, 5) is 0. The first kappa shape index (κ1) is 22.0. The molecular weight excluding hydrogens is 1610 g/mol. The molecule has 25 heavy (non-hydrogen) atoms. The first-order valence-corrected chi connectivity index (χ1v) is 7.45. The molecule has 4 aliphatic rings. The number of alkyl halides is 4. The molecule has 0 aliphatic heterocycles. The Labute approximate surface area is 115 Å². The van der Waals surface area contributed by atoms with E-state index in [1.54, 1.807) is 0 Å². The molecular formula is C15H18F4ORf5-2. The Morgan fingerprint density at radius 1 is 1.00 bits per heavy atom. The normalized spacial score (nSPS) is 42.5. The molecule has 0 aromatic heterocycles. The molecule has 1 nitrogen and oxygen atoms in total. The van der Waals surface area contributed by atoms with Gasteiger partial charge in [-0.05, 0) is 37.5 Å². The molecule has 4 rings (SSSR count). The van der Waals surface area contributed by atoms with Crippen molar-refractivity contribution in [3.05, 3.63) is 12.5 Å². The maximum Gasteiger partial charge on any atom is 0.294 e. The fourth-order valence-corrected chi connectivity index (χ4v) is 5.89. The smallest absolute Gasteiger partial charge is 0.294 e. The zero-order valence-corrected chi connectivity index (χ0v) is 46.6. The summed E-state index contributed by atoms with van der Waals surface area (Å²) in [5.41, 5.74) is -1.88. The third-order valence-corrected chi connectivity index (χ3v) is 6.37. The summed E-state index contributed by atoms with van der Waals surface area (Å²) in [5, 5.41) is 9.15. The van der Waals surface area contributed by atoms with Gasteiger partial charge in [-0.15, -0.1) is 12.3 Å². The topological polar surface area (TPSA) is 20.2 Å². The van der Waals surface area contributed by atoms with Crippen molar-refractivity contribution in [2.45, 2.75) is 43.9 Å². The van der Waals surface area contributed by atoms with E-state index in [9.17, 15) is 13.2 Å². The minimum atomic E-state index is -4.80. The molecule has 0 heterocycles. The van der Waals surface area contributed by atoms with Crippen molar-refractivity contribution >= 4 is 0 Å². The van der Waals surface area contributed by atoms with Crippen molar-refractivity contribution in [3.8, 4) is 0 Å². The van der Waals surface area contributed by atoms with Gasteiger partial charge in [-0.1, -0.05) is 17.9 Å². The third kappa shape index (κ3) is 2.11. The first-order valence-electron chi connectivity index (χ1n) is 7.45. The van der Waals surface area contributed by atoms with Gasteiger partial charge in [-0.2, -0.15) is 5.92 Å². The van der Waals surface area contributed by atoms with Crippen LogP contribution in [0.3, 0.4) is 0 Å². The number of fused-ring (bicyclic) bond motifs is 9. The number of hydrogen-bond donors (Lipinski definition) is 1. The summed E-state index contributed by atoms with van der Waals surface area (Å²) in [7, 11) is 0. The van der Waals surface area contributed by atoms with E-state index in [4.69, 9.17) is 5.11 Å². The number of aliphatic hydroxyl groups is 1. The van der Waals surface area contributed by atoms with E-state index < -0.39 is 24.4 Å². The van der Waals surface area contributed by atoms with Gasteiger partial charge in [-0.25, -0.2) is 17.6 Å². The van der Waals surface area contributed by atoms with E-state index >= 15 is 4.39 Å². The Balaban J connectivity index is 0. The second-order valence-corrected chi connectivity index (χ2v) is 7.23. The van der Waals surface area contributed by atoms with E-state index in [1.165, 1.54) is 6.42 Å². The molecule has 4 aliphatic carbocycles. The van der Waals surface area contributed by atoms with Crippen LogP contribution >= 0.6 is 0 Å². The number of halogens is 4. The zero-order valence-electron chi connectivity index (χ0n) is 14.6. The first-order chi connectivity index (χ1) is 9.29. The van der Waals surface area contributed by atoms with Crippen LogP contribution in [0.5, 0.6) is 0 Å². The van der Waals surface area contributed by atoms with Crippen LogP contribution in [-0.2, 0) is 0 Å². The minimum absolute atomic E-state index is 0. The predicted octanol–water partition coefficient (Wildman–Crippen LogP) is 4.07. The maximum absolute atomic E-state index is 15.0. The molecule has 10 heteroatoms.